The molecule has 2 N–H and O–H groups in total. The number of hydrogen-bond acceptors (Lipinski definition) is 3. The van der Waals surface area contributed by atoms with E-state index < -0.39 is 0 Å². The quantitative estimate of drug-likeness (QED) is 0.909. The van der Waals surface area contributed by atoms with Gasteiger partial charge in [0.05, 0.1) is 11.1 Å². The zero-order chi connectivity index (χ0) is 14.7. The van der Waals surface area contributed by atoms with Crippen molar-refractivity contribution in [1.29, 1.82) is 0 Å². The van der Waals surface area contributed by atoms with E-state index in [0.717, 1.165) is 17.4 Å². The summed E-state index contributed by atoms with van der Waals surface area (Å²) in [6, 6.07) is 9.94. The molecule has 1 aliphatic heterocycles. The third-order valence-corrected chi connectivity index (χ3v) is 4.29. The molecule has 4 heteroatoms. The number of para-hydroxylation sites is 1. The van der Waals surface area contributed by atoms with Gasteiger partial charge in [-0.2, -0.15) is 0 Å². The summed E-state index contributed by atoms with van der Waals surface area (Å²) in [5.41, 5.74) is 1.42. The van der Waals surface area contributed by atoms with Crippen molar-refractivity contribution in [3.63, 3.8) is 0 Å². The van der Waals surface area contributed by atoms with Crippen LogP contribution in [0.25, 0.3) is 10.9 Å². The van der Waals surface area contributed by atoms with Crippen LogP contribution in [0, 0.1) is 5.92 Å². The summed E-state index contributed by atoms with van der Waals surface area (Å²) < 4.78 is 0. The van der Waals surface area contributed by atoms with Gasteiger partial charge in [0, 0.05) is 24.2 Å². The largest absolute Gasteiger partial charge is 0.350 e. The number of nitrogens with zero attached hydrogens (tertiary/aromatic N) is 1. The average molecular weight is 283 g/mol. The van der Waals surface area contributed by atoms with Gasteiger partial charge in [0.2, 0.25) is 0 Å². The molecule has 4 nitrogen and oxygen atoms in total. The van der Waals surface area contributed by atoms with E-state index in [1.54, 1.807) is 6.20 Å². The van der Waals surface area contributed by atoms with Crippen LogP contribution in [0.2, 0.25) is 0 Å². The Morgan fingerprint density at radius 3 is 3.10 bits per heavy atom. The molecule has 0 bridgehead atoms. The summed E-state index contributed by atoms with van der Waals surface area (Å²) in [6.07, 6.45) is 4.17. The Hall–Kier alpha value is -1.94. The lowest BCUT2D eigenvalue weighted by Gasteiger charge is -2.30. The lowest BCUT2D eigenvalue weighted by atomic mass is 9.93. The number of carbonyl (C=O) groups excluding carboxylic acids is 1. The summed E-state index contributed by atoms with van der Waals surface area (Å²) in [6.45, 7) is 3.95. The average Bonchev–Trinajstić information content (AvgIpc) is 2.53. The van der Waals surface area contributed by atoms with E-state index in [9.17, 15) is 4.79 Å². The molecule has 0 aliphatic carbocycles. The van der Waals surface area contributed by atoms with E-state index in [2.05, 4.69) is 22.5 Å². The minimum Gasteiger partial charge on any atom is -0.350 e. The van der Waals surface area contributed by atoms with Crippen LogP contribution >= 0.6 is 0 Å². The van der Waals surface area contributed by atoms with Gasteiger partial charge in [-0.25, -0.2) is 0 Å². The maximum Gasteiger partial charge on any atom is 0.253 e. The van der Waals surface area contributed by atoms with Crippen LogP contribution in [-0.2, 0) is 0 Å². The fourth-order valence-electron chi connectivity index (χ4n) is 2.97. The SMILES string of the molecule is C[C@@H]1CCCNC1CNC(=O)c1cccc2cccnc12. The van der Waals surface area contributed by atoms with Crippen LogP contribution in [0.1, 0.15) is 30.1 Å². The van der Waals surface area contributed by atoms with Gasteiger partial charge < -0.3 is 10.6 Å². The number of rotatable bonds is 3. The Labute approximate surface area is 125 Å². The number of benzene rings is 1. The first kappa shape index (κ1) is 14.0. The van der Waals surface area contributed by atoms with Gasteiger partial charge in [0.15, 0.2) is 0 Å². The number of fused-ring (bicyclic) bond motifs is 1. The first-order valence-corrected chi connectivity index (χ1v) is 7.61. The minimum absolute atomic E-state index is 0.0427. The summed E-state index contributed by atoms with van der Waals surface area (Å²) in [7, 11) is 0. The van der Waals surface area contributed by atoms with Gasteiger partial charge in [-0.05, 0) is 37.4 Å². The van der Waals surface area contributed by atoms with Crippen LogP contribution in [0.4, 0.5) is 0 Å². The zero-order valence-corrected chi connectivity index (χ0v) is 12.3. The zero-order valence-electron chi connectivity index (χ0n) is 12.3. The van der Waals surface area contributed by atoms with Gasteiger partial charge in [-0.15, -0.1) is 0 Å². The van der Waals surface area contributed by atoms with Crippen molar-refractivity contribution < 1.29 is 4.79 Å². The highest BCUT2D eigenvalue weighted by Crippen LogP contribution is 2.17. The molecule has 1 unspecified atom stereocenters. The molecule has 1 aromatic heterocycles. The first-order valence-electron chi connectivity index (χ1n) is 7.61. The number of carbonyl (C=O) groups is 1. The molecule has 2 heterocycles. The minimum atomic E-state index is -0.0427. The number of hydrogen-bond donors (Lipinski definition) is 2. The Morgan fingerprint density at radius 2 is 2.24 bits per heavy atom. The summed E-state index contributed by atoms with van der Waals surface area (Å²) in [5, 5.41) is 7.53. The Bertz CT molecular complexity index is 635. The molecular weight excluding hydrogens is 262 g/mol. The fraction of sp³-hybridized carbons (Fsp3) is 0.412. The van der Waals surface area contributed by atoms with Gasteiger partial charge in [0.25, 0.3) is 5.91 Å². The van der Waals surface area contributed by atoms with E-state index in [0.29, 0.717) is 24.1 Å². The van der Waals surface area contributed by atoms with Crippen molar-refractivity contribution >= 4 is 16.8 Å². The third-order valence-electron chi connectivity index (χ3n) is 4.29. The van der Waals surface area contributed by atoms with E-state index in [1.165, 1.54) is 12.8 Å². The fourth-order valence-corrected chi connectivity index (χ4v) is 2.97. The molecule has 2 atom stereocenters. The van der Waals surface area contributed by atoms with Crippen molar-refractivity contribution in [3.05, 3.63) is 42.1 Å². The van der Waals surface area contributed by atoms with Crippen LogP contribution in [0.3, 0.4) is 0 Å². The van der Waals surface area contributed by atoms with Gasteiger partial charge >= 0.3 is 0 Å². The number of piperidine rings is 1. The topological polar surface area (TPSA) is 54.0 Å². The predicted octanol–water partition coefficient (Wildman–Crippen LogP) is 2.35. The molecule has 3 rings (SSSR count). The Balaban J connectivity index is 1.72. The number of amides is 1. The molecule has 110 valence electrons. The molecule has 1 fully saturated rings. The molecule has 0 spiro atoms. The van der Waals surface area contributed by atoms with Crippen LogP contribution in [0.5, 0.6) is 0 Å². The monoisotopic (exact) mass is 283 g/mol. The molecule has 2 aromatic rings. The van der Waals surface area contributed by atoms with Crippen molar-refractivity contribution in [2.45, 2.75) is 25.8 Å². The highest BCUT2D eigenvalue weighted by Gasteiger charge is 2.21. The predicted molar refractivity (Wildman–Crippen MR) is 84.3 cm³/mol. The summed E-state index contributed by atoms with van der Waals surface area (Å²) in [5.74, 6) is 0.559. The standard InChI is InChI=1S/C17H21N3O/c1-12-5-3-9-18-15(12)11-20-17(21)14-8-2-6-13-7-4-10-19-16(13)14/h2,4,6-8,10,12,15,18H,3,5,9,11H2,1H3,(H,20,21)/t12-,15?/m1/s1. The molecular formula is C17H21N3O. The van der Waals surface area contributed by atoms with Crippen molar-refractivity contribution in [1.82, 2.24) is 15.6 Å². The maximum atomic E-state index is 12.4. The lowest BCUT2D eigenvalue weighted by Crippen LogP contribution is -2.47. The molecule has 1 aliphatic rings. The van der Waals surface area contributed by atoms with E-state index >= 15 is 0 Å². The van der Waals surface area contributed by atoms with Crippen molar-refractivity contribution in [2.24, 2.45) is 5.92 Å². The molecule has 0 saturated carbocycles. The van der Waals surface area contributed by atoms with Gasteiger partial charge in [-0.1, -0.05) is 25.1 Å². The van der Waals surface area contributed by atoms with E-state index in [4.69, 9.17) is 0 Å². The second-order valence-electron chi connectivity index (χ2n) is 5.77. The Kier molecular flexibility index (Phi) is 4.15. The van der Waals surface area contributed by atoms with E-state index in [1.807, 2.05) is 30.3 Å². The third kappa shape index (κ3) is 3.05. The van der Waals surface area contributed by atoms with Crippen molar-refractivity contribution in [2.75, 3.05) is 13.1 Å². The highest BCUT2D eigenvalue weighted by molar-refractivity contribution is 6.05. The van der Waals surface area contributed by atoms with Crippen LogP contribution < -0.4 is 10.6 Å². The lowest BCUT2D eigenvalue weighted by molar-refractivity contribution is 0.0945. The molecule has 1 saturated heterocycles. The van der Waals surface area contributed by atoms with Crippen LogP contribution in [-0.4, -0.2) is 30.0 Å². The van der Waals surface area contributed by atoms with Crippen LogP contribution in [0.15, 0.2) is 36.5 Å². The molecule has 1 aromatic carbocycles. The number of nitrogens with one attached hydrogen (secondary N) is 2. The highest BCUT2D eigenvalue weighted by atomic mass is 16.1. The normalized spacial score (nSPS) is 22.1. The van der Waals surface area contributed by atoms with E-state index in [-0.39, 0.29) is 5.91 Å². The van der Waals surface area contributed by atoms with Crippen molar-refractivity contribution in [3.8, 4) is 0 Å². The number of aromatic nitrogens is 1. The smallest absolute Gasteiger partial charge is 0.253 e. The second-order valence-corrected chi connectivity index (χ2v) is 5.77. The molecule has 21 heavy (non-hydrogen) atoms. The first-order chi connectivity index (χ1) is 10.3. The Morgan fingerprint density at radius 1 is 1.38 bits per heavy atom. The summed E-state index contributed by atoms with van der Waals surface area (Å²) >= 11 is 0. The van der Waals surface area contributed by atoms with Gasteiger partial charge in [0.1, 0.15) is 0 Å². The number of pyridine rings is 1. The maximum absolute atomic E-state index is 12.4. The molecule has 0 radical (unpaired) electrons. The summed E-state index contributed by atoms with van der Waals surface area (Å²) in [4.78, 5) is 16.8. The second kappa shape index (κ2) is 6.22. The molecule has 1 amide bonds. The van der Waals surface area contributed by atoms with Gasteiger partial charge in [-0.3, -0.25) is 9.78 Å².